The smallest absolute Gasteiger partial charge is 0.187 e. The van der Waals surface area contributed by atoms with Crippen molar-refractivity contribution in [2.45, 2.75) is 51.9 Å². The Morgan fingerprint density at radius 3 is 2.44 bits per heavy atom. The Bertz CT molecular complexity index is 174. The van der Waals surface area contributed by atoms with Crippen LogP contribution in [0.15, 0.2) is 24.5 Å². The lowest BCUT2D eigenvalue weighted by molar-refractivity contribution is 0.0199. The summed E-state index contributed by atoms with van der Waals surface area (Å²) in [5.74, 6) is 0. The van der Waals surface area contributed by atoms with Crippen molar-refractivity contribution >= 4 is 0 Å². The summed E-state index contributed by atoms with van der Waals surface area (Å²) in [5.41, 5.74) is 0. The van der Waals surface area contributed by atoms with E-state index in [1.165, 1.54) is 44.9 Å². The second-order valence-electron chi connectivity index (χ2n) is 3.89. The number of methoxy groups -OCH3 is 1. The van der Waals surface area contributed by atoms with Crippen LogP contribution < -0.4 is 0 Å². The van der Waals surface area contributed by atoms with Crippen LogP contribution in [-0.2, 0) is 9.47 Å². The number of allylic oxidation sites excluding steroid dienone is 3. The lowest BCUT2D eigenvalue weighted by Crippen LogP contribution is -1.87. The van der Waals surface area contributed by atoms with Crippen molar-refractivity contribution in [1.29, 1.82) is 0 Å². The van der Waals surface area contributed by atoms with E-state index in [1.54, 1.807) is 13.4 Å². The number of rotatable bonds is 11. The number of ether oxygens (including phenoxy) is 2. The molecule has 0 spiro atoms. The monoisotopic (exact) mass is 226 g/mol. The molecule has 0 heterocycles. The van der Waals surface area contributed by atoms with E-state index < -0.39 is 0 Å². The van der Waals surface area contributed by atoms with E-state index >= 15 is 0 Å². The fraction of sp³-hybridized carbons (Fsp3) is 0.714. The minimum Gasteiger partial charge on any atom is -0.475 e. The number of hydrogen-bond donors (Lipinski definition) is 0. The van der Waals surface area contributed by atoms with Crippen molar-refractivity contribution < 1.29 is 9.47 Å². The molecule has 0 aromatic carbocycles. The van der Waals surface area contributed by atoms with Gasteiger partial charge in [-0.1, -0.05) is 51.2 Å². The van der Waals surface area contributed by atoms with Gasteiger partial charge in [0.1, 0.15) is 0 Å². The molecule has 2 nitrogen and oxygen atoms in total. The van der Waals surface area contributed by atoms with Crippen LogP contribution in [0.25, 0.3) is 0 Å². The average Bonchev–Trinajstić information content (AvgIpc) is 2.31. The van der Waals surface area contributed by atoms with Crippen LogP contribution in [0, 0.1) is 0 Å². The highest BCUT2D eigenvalue weighted by molar-refractivity contribution is 4.99. The highest BCUT2D eigenvalue weighted by Gasteiger charge is 1.87. The predicted molar refractivity (Wildman–Crippen MR) is 69.2 cm³/mol. The fourth-order valence-electron chi connectivity index (χ4n) is 1.43. The summed E-state index contributed by atoms with van der Waals surface area (Å²) >= 11 is 0. The molecule has 0 aliphatic carbocycles. The molecule has 0 saturated heterocycles. The van der Waals surface area contributed by atoms with Gasteiger partial charge in [-0.3, -0.25) is 0 Å². The molecule has 0 saturated carbocycles. The van der Waals surface area contributed by atoms with E-state index in [9.17, 15) is 0 Å². The minimum atomic E-state index is 0.321. The van der Waals surface area contributed by atoms with Crippen LogP contribution >= 0.6 is 0 Å². The van der Waals surface area contributed by atoms with Gasteiger partial charge in [0.05, 0.1) is 6.26 Å². The first-order chi connectivity index (χ1) is 7.91. The molecule has 0 fully saturated rings. The molecule has 0 unspecified atom stereocenters. The van der Waals surface area contributed by atoms with Crippen LogP contribution in [-0.4, -0.2) is 13.9 Å². The first kappa shape index (κ1) is 15.2. The number of unbranched alkanes of at least 4 members (excludes halogenated alkanes) is 6. The third-order valence-corrected chi connectivity index (χ3v) is 2.33. The van der Waals surface area contributed by atoms with Gasteiger partial charge in [-0.05, 0) is 18.9 Å². The zero-order valence-corrected chi connectivity index (χ0v) is 10.8. The molecule has 16 heavy (non-hydrogen) atoms. The maximum Gasteiger partial charge on any atom is 0.187 e. The highest BCUT2D eigenvalue weighted by Crippen LogP contribution is 2.07. The van der Waals surface area contributed by atoms with E-state index in [2.05, 4.69) is 13.0 Å². The van der Waals surface area contributed by atoms with Crippen LogP contribution in [0.2, 0.25) is 0 Å². The molecule has 0 bridgehead atoms. The molecule has 0 aromatic heterocycles. The van der Waals surface area contributed by atoms with E-state index in [1.807, 2.05) is 12.2 Å². The molecule has 94 valence electrons. The number of hydrogen-bond acceptors (Lipinski definition) is 2. The van der Waals surface area contributed by atoms with Gasteiger partial charge in [-0.2, -0.15) is 0 Å². The maximum atomic E-state index is 5.00. The average molecular weight is 226 g/mol. The molecule has 0 rings (SSSR count). The summed E-state index contributed by atoms with van der Waals surface area (Å²) in [6.07, 6.45) is 17.1. The van der Waals surface area contributed by atoms with E-state index in [0.29, 0.717) is 6.79 Å². The van der Waals surface area contributed by atoms with Crippen molar-refractivity contribution in [1.82, 2.24) is 0 Å². The molecule has 0 atom stereocenters. The normalized spacial score (nSPS) is 11.6. The van der Waals surface area contributed by atoms with Gasteiger partial charge in [0.25, 0.3) is 0 Å². The summed E-state index contributed by atoms with van der Waals surface area (Å²) < 4.78 is 9.74. The Kier molecular flexibility index (Phi) is 13.6. The summed E-state index contributed by atoms with van der Waals surface area (Å²) in [6.45, 7) is 2.57. The molecule has 0 radical (unpaired) electrons. The van der Waals surface area contributed by atoms with Gasteiger partial charge in [-0.25, -0.2) is 0 Å². The fourth-order valence-corrected chi connectivity index (χ4v) is 1.43. The second-order valence-corrected chi connectivity index (χ2v) is 3.89. The SMILES string of the molecule is CCCCCCCCC=CC=COCOC. The van der Waals surface area contributed by atoms with Crippen molar-refractivity contribution in [3.63, 3.8) is 0 Å². The van der Waals surface area contributed by atoms with Crippen LogP contribution in [0.1, 0.15) is 51.9 Å². The Morgan fingerprint density at radius 1 is 0.938 bits per heavy atom. The lowest BCUT2D eigenvalue weighted by atomic mass is 10.1. The molecular formula is C14H26O2. The van der Waals surface area contributed by atoms with Crippen molar-refractivity contribution in [3.05, 3.63) is 24.5 Å². The third kappa shape index (κ3) is 13.2. The molecule has 0 N–H and O–H groups in total. The molecule has 2 heteroatoms. The Labute approximate surface area is 100 Å². The minimum absolute atomic E-state index is 0.321. The van der Waals surface area contributed by atoms with Gasteiger partial charge in [0.2, 0.25) is 0 Å². The zero-order chi connectivity index (χ0) is 11.9. The highest BCUT2D eigenvalue weighted by atomic mass is 16.7. The van der Waals surface area contributed by atoms with Crippen molar-refractivity contribution in [2.24, 2.45) is 0 Å². The summed E-state index contributed by atoms with van der Waals surface area (Å²) in [5, 5.41) is 0. The van der Waals surface area contributed by atoms with E-state index in [4.69, 9.17) is 9.47 Å². The van der Waals surface area contributed by atoms with Gasteiger partial charge in [0, 0.05) is 7.11 Å². The predicted octanol–water partition coefficient (Wildman–Crippen LogP) is 4.43. The Morgan fingerprint density at radius 2 is 1.69 bits per heavy atom. The van der Waals surface area contributed by atoms with Crippen LogP contribution in [0.3, 0.4) is 0 Å². The van der Waals surface area contributed by atoms with Crippen molar-refractivity contribution in [3.8, 4) is 0 Å². The quantitative estimate of drug-likeness (QED) is 0.224. The Balaban J connectivity index is 3.12. The molecular weight excluding hydrogens is 200 g/mol. The first-order valence-corrected chi connectivity index (χ1v) is 6.34. The van der Waals surface area contributed by atoms with Gasteiger partial charge < -0.3 is 9.47 Å². The molecule has 0 amide bonds. The standard InChI is InChI=1S/C14H26O2/c1-3-4-5-6-7-8-9-10-11-12-13-16-14-15-2/h10-13H,3-9,14H2,1-2H3. The summed E-state index contributed by atoms with van der Waals surface area (Å²) in [7, 11) is 1.61. The van der Waals surface area contributed by atoms with Gasteiger partial charge >= 0.3 is 0 Å². The van der Waals surface area contributed by atoms with Crippen LogP contribution in [0.5, 0.6) is 0 Å². The van der Waals surface area contributed by atoms with E-state index in [0.717, 1.165) is 0 Å². The molecule has 0 aliphatic heterocycles. The lowest BCUT2D eigenvalue weighted by Gasteiger charge is -1.97. The maximum absolute atomic E-state index is 5.00. The molecule has 0 aromatic rings. The zero-order valence-electron chi connectivity index (χ0n) is 10.8. The third-order valence-electron chi connectivity index (χ3n) is 2.33. The summed E-state index contributed by atoms with van der Waals surface area (Å²) in [4.78, 5) is 0. The Hall–Kier alpha value is -0.760. The first-order valence-electron chi connectivity index (χ1n) is 6.34. The molecule has 0 aliphatic rings. The van der Waals surface area contributed by atoms with Gasteiger partial charge in [-0.15, -0.1) is 0 Å². The van der Waals surface area contributed by atoms with Crippen LogP contribution in [0.4, 0.5) is 0 Å². The van der Waals surface area contributed by atoms with Gasteiger partial charge in [0.15, 0.2) is 6.79 Å². The topological polar surface area (TPSA) is 18.5 Å². The second kappa shape index (κ2) is 14.2. The van der Waals surface area contributed by atoms with E-state index in [-0.39, 0.29) is 0 Å². The largest absolute Gasteiger partial charge is 0.475 e. The summed E-state index contributed by atoms with van der Waals surface area (Å²) in [6, 6.07) is 0. The van der Waals surface area contributed by atoms with Crippen molar-refractivity contribution in [2.75, 3.05) is 13.9 Å².